The minimum Gasteiger partial charge on any atom is -0.404 e. The molecule has 0 spiro atoms. The number of hydrogen-bond acceptors (Lipinski definition) is 7. The molecule has 0 amide bonds. The number of fused-ring (bicyclic) bond motifs is 1. The summed E-state index contributed by atoms with van der Waals surface area (Å²) in [6.45, 7) is 3.68. The molecule has 0 saturated carbocycles. The van der Waals surface area contributed by atoms with E-state index in [1.807, 2.05) is 62.8 Å². The molecule has 34 heavy (non-hydrogen) atoms. The zero-order chi connectivity index (χ0) is 23.9. The molecule has 2 heterocycles. The minimum absolute atomic E-state index is 0.713. The third kappa shape index (κ3) is 5.44. The second kappa shape index (κ2) is 10.7. The lowest BCUT2D eigenvalue weighted by atomic mass is 10.0. The summed E-state index contributed by atoms with van der Waals surface area (Å²) >= 11 is 0. The number of aliphatic imine (C=N–C) groups is 1. The molecule has 2 aromatic carbocycles. The number of nitrogens with zero attached hydrogens (tertiary/aromatic N) is 5. The van der Waals surface area contributed by atoms with Gasteiger partial charge in [-0.1, -0.05) is 30.3 Å². The first kappa shape index (κ1) is 23.1. The van der Waals surface area contributed by atoms with Crippen LogP contribution >= 0.6 is 0 Å². The predicted octanol–water partition coefficient (Wildman–Crippen LogP) is 4.68. The molecule has 0 unspecified atom stereocenters. The Kier molecular flexibility index (Phi) is 7.25. The Morgan fingerprint density at radius 3 is 2.71 bits per heavy atom. The SMILES string of the molecule is Cc1ccccc1-c1cc(Nc2ncnc3cc(C(C=NCCN(C)C)=CN)ccc23)ccn1. The van der Waals surface area contributed by atoms with Crippen molar-refractivity contribution in [1.29, 1.82) is 0 Å². The van der Waals surface area contributed by atoms with E-state index in [0.717, 1.165) is 51.3 Å². The summed E-state index contributed by atoms with van der Waals surface area (Å²) in [4.78, 5) is 20.1. The molecule has 0 bridgehead atoms. The Bertz CT molecular complexity index is 1340. The van der Waals surface area contributed by atoms with Gasteiger partial charge < -0.3 is 16.0 Å². The van der Waals surface area contributed by atoms with E-state index in [-0.39, 0.29) is 0 Å². The number of benzene rings is 2. The molecule has 0 fully saturated rings. The number of aryl methyl sites for hydroxylation is 1. The molecule has 0 aliphatic heterocycles. The van der Waals surface area contributed by atoms with Crippen LogP contribution in [0.3, 0.4) is 0 Å². The van der Waals surface area contributed by atoms with Crippen molar-refractivity contribution in [2.75, 3.05) is 32.5 Å². The smallest absolute Gasteiger partial charge is 0.141 e. The van der Waals surface area contributed by atoms with Gasteiger partial charge in [0.15, 0.2) is 0 Å². The largest absolute Gasteiger partial charge is 0.404 e. The van der Waals surface area contributed by atoms with Gasteiger partial charge in [0, 0.05) is 47.4 Å². The summed E-state index contributed by atoms with van der Waals surface area (Å²) in [5.41, 5.74) is 12.6. The first-order valence-corrected chi connectivity index (χ1v) is 11.2. The molecule has 7 heteroatoms. The van der Waals surface area contributed by atoms with Gasteiger partial charge in [0.05, 0.1) is 17.8 Å². The van der Waals surface area contributed by atoms with Gasteiger partial charge in [-0.15, -0.1) is 0 Å². The van der Waals surface area contributed by atoms with Crippen molar-refractivity contribution in [2.45, 2.75) is 6.92 Å². The van der Waals surface area contributed by atoms with E-state index in [4.69, 9.17) is 5.73 Å². The van der Waals surface area contributed by atoms with Gasteiger partial charge in [-0.05, 0) is 56.4 Å². The van der Waals surface area contributed by atoms with Crippen molar-refractivity contribution in [3.05, 3.63) is 84.4 Å². The van der Waals surface area contributed by atoms with Crippen molar-refractivity contribution in [3.63, 3.8) is 0 Å². The van der Waals surface area contributed by atoms with Crippen molar-refractivity contribution < 1.29 is 0 Å². The molecule has 2 aromatic heterocycles. The van der Waals surface area contributed by atoms with E-state index in [2.05, 4.69) is 49.2 Å². The van der Waals surface area contributed by atoms with Crippen LogP contribution in [-0.4, -0.2) is 53.3 Å². The molecule has 0 radical (unpaired) electrons. The summed E-state index contributed by atoms with van der Waals surface area (Å²) in [5, 5.41) is 4.35. The number of aromatic nitrogens is 3. The van der Waals surface area contributed by atoms with E-state index in [9.17, 15) is 0 Å². The van der Waals surface area contributed by atoms with E-state index >= 15 is 0 Å². The Labute approximate surface area is 200 Å². The first-order chi connectivity index (χ1) is 16.5. The Hall–Kier alpha value is -4.10. The Balaban J connectivity index is 1.59. The highest BCUT2D eigenvalue weighted by Crippen LogP contribution is 2.28. The molecule has 0 saturated heterocycles. The van der Waals surface area contributed by atoms with Crippen LogP contribution < -0.4 is 11.1 Å². The lowest BCUT2D eigenvalue weighted by molar-refractivity contribution is 0.421. The molecule has 0 atom stereocenters. The summed E-state index contributed by atoms with van der Waals surface area (Å²) in [6.07, 6.45) is 6.76. The number of nitrogens with one attached hydrogen (secondary N) is 1. The summed E-state index contributed by atoms with van der Waals surface area (Å²) in [7, 11) is 4.05. The molecule has 0 aliphatic carbocycles. The zero-order valence-electron chi connectivity index (χ0n) is 19.7. The fourth-order valence-corrected chi connectivity index (χ4v) is 3.62. The highest BCUT2D eigenvalue weighted by Gasteiger charge is 2.09. The van der Waals surface area contributed by atoms with Gasteiger partial charge in [-0.25, -0.2) is 9.97 Å². The number of pyridine rings is 1. The Morgan fingerprint density at radius 1 is 1.06 bits per heavy atom. The number of anilines is 2. The van der Waals surface area contributed by atoms with Gasteiger partial charge in [-0.2, -0.15) is 0 Å². The van der Waals surface area contributed by atoms with Crippen LogP contribution in [0.15, 0.2) is 78.3 Å². The molecule has 172 valence electrons. The second-order valence-electron chi connectivity index (χ2n) is 8.28. The lowest BCUT2D eigenvalue weighted by Gasteiger charge is -2.11. The highest BCUT2D eigenvalue weighted by molar-refractivity contribution is 6.10. The van der Waals surface area contributed by atoms with Crippen LogP contribution in [0.25, 0.3) is 27.7 Å². The summed E-state index contributed by atoms with van der Waals surface area (Å²) in [5.74, 6) is 0.733. The van der Waals surface area contributed by atoms with Gasteiger partial charge in [0.25, 0.3) is 0 Å². The standard InChI is InChI=1S/C27H29N7/c1-19-6-4-5-7-23(19)26-15-22(10-11-30-26)33-27-24-9-8-20(14-25(24)31-18-32-27)21(16-28)17-29-12-13-34(2)3/h4-11,14-18H,12-13,28H2,1-3H3,(H,30,31,32,33). The van der Waals surface area contributed by atoms with Crippen LogP contribution in [0, 0.1) is 6.92 Å². The number of allylic oxidation sites excluding steroid dienone is 1. The predicted molar refractivity (Wildman–Crippen MR) is 141 cm³/mol. The second-order valence-corrected chi connectivity index (χ2v) is 8.28. The molecule has 4 rings (SSSR count). The van der Waals surface area contributed by atoms with E-state index in [1.54, 1.807) is 18.7 Å². The maximum Gasteiger partial charge on any atom is 0.141 e. The summed E-state index contributed by atoms with van der Waals surface area (Å²) in [6, 6.07) is 18.2. The molecular weight excluding hydrogens is 422 g/mol. The zero-order valence-corrected chi connectivity index (χ0v) is 19.7. The molecular formula is C27H29N7. The maximum atomic E-state index is 5.88. The van der Waals surface area contributed by atoms with Crippen molar-refractivity contribution >= 4 is 34.2 Å². The topological polar surface area (TPSA) is 92.3 Å². The number of likely N-dealkylation sites (N-methyl/N-ethyl adjacent to an activating group) is 1. The fourth-order valence-electron chi connectivity index (χ4n) is 3.62. The number of rotatable bonds is 8. The van der Waals surface area contributed by atoms with Crippen LogP contribution in [0.4, 0.5) is 11.5 Å². The number of hydrogen-bond donors (Lipinski definition) is 2. The fraction of sp³-hybridized carbons (Fsp3) is 0.185. The maximum absolute atomic E-state index is 5.88. The van der Waals surface area contributed by atoms with E-state index in [1.165, 1.54) is 5.56 Å². The van der Waals surface area contributed by atoms with Crippen LogP contribution in [-0.2, 0) is 0 Å². The average molecular weight is 452 g/mol. The normalized spacial score (nSPS) is 12.1. The average Bonchev–Trinajstić information content (AvgIpc) is 2.84. The van der Waals surface area contributed by atoms with Crippen molar-refractivity contribution in [1.82, 2.24) is 19.9 Å². The third-order valence-electron chi connectivity index (χ3n) is 5.50. The number of nitrogens with two attached hydrogens (primary N) is 1. The Morgan fingerprint density at radius 2 is 1.91 bits per heavy atom. The van der Waals surface area contributed by atoms with Crippen molar-refractivity contribution in [2.24, 2.45) is 10.7 Å². The summed E-state index contributed by atoms with van der Waals surface area (Å²) < 4.78 is 0. The van der Waals surface area contributed by atoms with E-state index < -0.39 is 0 Å². The highest BCUT2D eigenvalue weighted by atomic mass is 15.1. The molecule has 3 N–H and O–H groups in total. The molecule has 7 nitrogen and oxygen atoms in total. The van der Waals surface area contributed by atoms with Gasteiger partial charge in [-0.3, -0.25) is 9.98 Å². The molecule has 4 aromatic rings. The lowest BCUT2D eigenvalue weighted by Crippen LogP contribution is -2.15. The van der Waals surface area contributed by atoms with Gasteiger partial charge in [0.2, 0.25) is 0 Å². The van der Waals surface area contributed by atoms with Crippen molar-refractivity contribution in [3.8, 4) is 11.3 Å². The van der Waals surface area contributed by atoms with Crippen LogP contribution in [0.1, 0.15) is 11.1 Å². The monoisotopic (exact) mass is 451 g/mol. The minimum atomic E-state index is 0.713. The molecule has 0 aliphatic rings. The van der Waals surface area contributed by atoms with Crippen LogP contribution in [0.2, 0.25) is 0 Å². The first-order valence-electron chi connectivity index (χ1n) is 11.2. The third-order valence-corrected chi connectivity index (χ3v) is 5.50. The van der Waals surface area contributed by atoms with E-state index in [0.29, 0.717) is 6.54 Å². The van der Waals surface area contributed by atoms with Crippen LogP contribution in [0.5, 0.6) is 0 Å². The quantitative estimate of drug-likeness (QED) is 0.378. The van der Waals surface area contributed by atoms with Gasteiger partial charge >= 0.3 is 0 Å². The van der Waals surface area contributed by atoms with Gasteiger partial charge in [0.1, 0.15) is 12.1 Å².